The first-order valence-electron chi connectivity index (χ1n) is 6.18. The molecule has 3 nitrogen and oxygen atoms in total. The third kappa shape index (κ3) is 5.29. The van der Waals surface area contributed by atoms with E-state index in [0.717, 1.165) is 13.1 Å². The van der Waals surface area contributed by atoms with Crippen LogP contribution in [0.4, 0.5) is 0 Å². The molecule has 0 aromatic rings. The predicted molar refractivity (Wildman–Crippen MR) is 67.1 cm³/mol. The molecule has 0 aromatic heterocycles. The number of rotatable bonds is 5. The van der Waals surface area contributed by atoms with Crippen LogP contribution in [0.3, 0.4) is 0 Å². The summed E-state index contributed by atoms with van der Waals surface area (Å²) in [6.07, 6.45) is 5.34. The summed E-state index contributed by atoms with van der Waals surface area (Å²) < 4.78 is 0. The molecule has 0 amide bonds. The molecule has 90 valence electrons. The van der Waals surface area contributed by atoms with Crippen LogP contribution in [0, 0.1) is 11.3 Å². The SMILES string of the molecule is CC(C)=CCN1CCC(NCCC#N)CC1. The van der Waals surface area contributed by atoms with E-state index in [4.69, 9.17) is 5.26 Å². The summed E-state index contributed by atoms with van der Waals surface area (Å²) in [5, 5.41) is 11.9. The molecule has 0 aliphatic carbocycles. The van der Waals surface area contributed by atoms with E-state index in [9.17, 15) is 0 Å². The molecular formula is C13H23N3. The van der Waals surface area contributed by atoms with Gasteiger partial charge in [-0.3, -0.25) is 4.90 Å². The highest BCUT2D eigenvalue weighted by molar-refractivity contribution is 4.95. The Balaban J connectivity index is 2.14. The van der Waals surface area contributed by atoms with Gasteiger partial charge in [-0.2, -0.15) is 5.26 Å². The van der Waals surface area contributed by atoms with E-state index in [1.165, 1.54) is 31.5 Å². The Labute approximate surface area is 99.1 Å². The largest absolute Gasteiger partial charge is 0.313 e. The van der Waals surface area contributed by atoms with Crippen molar-refractivity contribution in [1.29, 1.82) is 5.26 Å². The van der Waals surface area contributed by atoms with Gasteiger partial charge < -0.3 is 5.32 Å². The van der Waals surface area contributed by atoms with Gasteiger partial charge in [-0.1, -0.05) is 11.6 Å². The quantitative estimate of drug-likeness (QED) is 0.569. The molecule has 0 radical (unpaired) electrons. The molecule has 0 atom stereocenters. The lowest BCUT2D eigenvalue weighted by molar-refractivity contribution is 0.216. The molecule has 0 unspecified atom stereocenters. The highest BCUT2D eigenvalue weighted by Crippen LogP contribution is 2.10. The number of nitriles is 1. The molecule has 0 spiro atoms. The van der Waals surface area contributed by atoms with Crippen molar-refractivity contribution in [3.8, 4) is 6.07 Å². The third-order valence-corrected chi connectivity index (χ3v) is 3.02. The van der Waals surface area contributed by atoms with Crippen LogP contribution in [0.15, 0.2) is 11.6 Å². The molecule has 1 saturated heterocycles. The van der Waals surface area contributed by atoms with Gasteiger partial charge in [0, 0.05) is 25.6 Å². The van der Waals surface area contributed by atoms with Crippen LogP contribution in [0.1, 0.15) is 33.1 Å². The molecule has 1 rings (SSSR count). The molecule has 16 heavy (non-hydrogen) atoms. The Morgan fingerprint density at radius 2 is 2.12 bits per heavy atom. The lowest BCUT2D eigenvalue weighted by Gasteiger charge is -2.31. The van der Waals surface area contributed by atoms with Crippen LogP contribution >= 0.6 is 0 Å². The van der Waals surface area contributed by atoms with Crippen molar-refractivity contribution in [2.75, 3.05) is 26.2 Å². The zero-order valence-corrected chi connectivity index (χ0v) is 10.5. The van der Waals surface area contributed by atoms with Gasteiger partial charge >= 0.3 is 0 Å². The topological polar surface area (TPSA) is 39.1 Å². The molecule has 3 heteroatoms. The van der Waals surface area contributed by atoms with E-state index in [1.54, 1.807) is 0 Å². The van der Waals surface area contributed by atoms with Crippen LogP contribution in [-0.4, -0.2) is 37.1 Å². The second-order valence-corrected chi connectivity index (χ2v) is 4.72. The number of nitrogens with one attached hydrogen (secondary N) is 1. The van der Waals surface area contributed by atoms with Gasteiger partial charge in [0.15, 0.2) is 0 Å². The average Bonchev–Trinajstić information content (AvgIpc) is 2.28. The number of piperidine rings is 1. The summed E-state index contributed by atoms with van der Waals surface area (Å²) in [6.45, 7) is 8.58. The molecule has 0 bridgehead atoms. The van der Waals surface area contributed by atoms with Crippen LogP contribution in [-0.2, 0) is 0 Å². The molecule has 0 aromatic carbocycles. The predicted octanol–water partition coefficient (Wildman–Crippen LogP) is 1.92. The molecule has 1 aliphatic rings. The van der Waals surface area contributed by atoms with Crippen LogP contribution in [0.2, 0.25) is 0 Å². The van der Waals surface area contributed by atoms with Crippen molar-refractivity contribution < 1.29 is 0 Å². The minimum Gasteiger partial charge on any atom is -0.313 e. The van der Waals surface area contributed by atoms with Gasteiger partial charge in [0.1, 0.15) is 0 Å². The summed E-state index contributed by atoms with van der Waals surface area (Å²) in [6, 6.07) is 2.79. The van der Waals surface area contributed by atoms with E-state index in [0.29, 0.717) is 12.5 Å². The fourth-order valence-electron chi connectivity index (χ4n) is 1.96. The lowest BCUT2D eigenvalue weighted by Crippen LogP contribution is -2.42. The maximum Gasteiger partial charge on any atom is 0.0635 e. The third-order valence-electron chi connectivity index (χ3n) is 3.02. The molecule has 1 fully saturated rings. The van der Waals surface area contributed by atoms with Gasteiger partial charge in [-0.05, 0) is 39.8 Å². The zero-order valence-electron chi connectivity index (χ0n) is 10.5. The lowest BCUT2D eigenvalue weighted by atomic mass is 10.0. The van der Waals surface area contributed by atoms with E-state index >= 15 is 0 Å². The van der Waals surface area contributed by atoms with E-state index < -0.39 is 0 Å². The van der Waals surface area contributed by atoms with Crippen molar-refractivity contribution in [2.45, 2.75) is 39.2 Å². The summed E-state index contributed by atoms with van der Waals surface area (Å²) in [7, 11) is 0. The fourth-order valence-corrected chi connectivity index (χ4v) is 1.96. The van der Waals surface area contributed by atoms with Gasteiger partial charge in [0.25, 0.3) is 0 Å². The molecule has 1 N–H and O–H groups in total. The summed E-state index contributed by atoms with van der Waals surface area (Å²) in [5.41, 5.74) is 1.40. The average molecular weight is 221 g/mol. The number of hydrogen-bond donors (Lipinski definition) is 1. The van der Waals surface area contributed by atoms with Gasteiger partial charge in [0.2, 0.25) is 0 Å². The first kappa shape index (κ1) is 13.2. The first-order valence-corrected chi connectivity index (χ1v) is 6.18. The molecule has 1 aliphatic heterocycles. The fraction of sp³-hybridized carbons (Fsp3) is 0.769. The summed E-state index contributed by atoms with van der Waals surface area (Å²) in [5.74, 6) is 0. The monoisotopic (exact) mass is 221 g/mol. The number of likely N-dealkylation sites (tertiary alicyclic amines) is 1. The molecular weight excluding hydrogens is 198 g/mol. The Morgan fingerprint density at radius 3 is 2.69 bits per heavy atom. The maximum absolute atomic E-state index is 8.46. The Bertz CT molecular complexity index is 253. The Hall–Kier alpha value is -0.850. The van der Waals surface area contributed by atoms with Gasteiger partial charge in [-0.15, -0.1) is 0 Å². The summed E-state index contributed by atoms with van der Waals surface area (Å²) >= 11 is 0. The molecule has 0 saturated carbocycles. The second kappa shape index (κ2) is 7.43. The summed E-state index contributed by atoms with van der Waals surface area (Å²) in [4.78, 5) is 2.50. The second-order valence-electron chi connectivity index (χ2n) is 4.72. The number of nitrogens with zero attached hydrogens (tertiary/aromatic N) is 2. The minimum atomic E-state index is 0.622. The van der Waals surface area contributed by atoms with Gasteiger partial charge in [-0.25, -0.2) is 0 Å². The first-order chi connectivity index (χ1) is 7.72. The van der Waals surface area contributed by atoms with Crippen molar-refractivity contribution in [3.05, 3.63) is 11.6 Å². The highest BCUT2D eigenvalue weighted by atomic mass is 15.1. The number of allylic oxidation sites excluding steroid dienone is 1. The van der Waals surface area contributed by atoms with Crippen molar-refractivity contribution in [2.24, 2.45) is 0 Å². The standard InChI is InChI=1S/C13H23N3/c1-12(2)4-9-16-10-5-13(6-11-16)15-8-3-7-14/h4,13,15H,3,5-6,8-11H2,1-2H3. The van der Waals surface area contributed by atoms with Crippen molar-refractivity contribution >= 4 is 0 Å². The van der Waals surface area contributed by atoms with E-state index in [2.05, 4.69) is 36.2 Å². The van der Waals surface area contributed by atoms with Crippen molar-refractivity contribution in [1.82, 2.24) is 10.2 Å². The minimum absolute atomic E-state index is 0.622. The van der Waals surface area contributed by atoms with Crippen LogP contribution in [0.5, 0.6) is 0 Å². The van der Waals surface area contributed by atoms with Crippen LogP contribution < -0.4 is 5.32 Å². The van der Waals surface area contributed by atoms with Gasteiger partial charge in [0.05, 0.1) is 6.07 Å². The Kier molecular flexibility index (Phi) is 6.14. The van der Waals surface area contributed by atoms with Crippen LogP contribution in [0.25, 0.3) is 0 Å². The normalized spacial score (nSPS) is 18.1. The number of hydrogen-bond acceptors (Lipinski definition) is 3. The zero-order chi connectivity index (χ0) is 11.8. The van der Waals surface area contributed by atoms with E-state index in [1.807, 2.05) is 0 Å². The Morgan fingerprint density at radius 1 is 1.44 bits per heavy atom. The maximum atomic E-state index is 8.46. The van der Waals surface area contributed by atoms with E-state index in [-0.39, 0.29) is 0 Å². The smallest absolute Gasteiger partial charge is 0.0635 e. The molecule has 1 heterocycles. The van der Waals surface area contributed by atoms with Crippen molar-refractivity contribution in [3.63, 3.8) is 0 Å². The highest BCUT2D eigenvalue weighted by Gasteiger charge is 2.17.